The molecule has 0 spiro atoms. The number of carbonyl (C=O) groups excluding carboxylic acids is 7. The van der Waals surface area contributed by atoms with Crippen LogP contribution in [0.25, 0.3) is 0 Å². The van der Waals surface area contributed by atoms with Crippen molar-refractivity contribution >= 4 is 47.2 Å². The fourth-order valence-electron chi connectivity index (χ4n) is 8.47. The van der Waals surface area contributed by atoms with Crippen LogP contribution in [0.5, 0.6) is 0 Å². The number of ether oxygens (including phenoxy) is 1. The molecule has 2 aromatic rings. The average Bonchev–Trinajstić information content (AvgIpc) is 3.83. The van der Waals surface area contributed by atoms with Crippen LogP contribution in [0.4, 0.5) is 10.5 Å². The molecule has 8 atom stereocenters. The summed E-state index contributed by atoms with van der Waals surface area (Å²) in [5, 5.41) is 11.1. The molecule has 6 rings (SSSR count). The first kappa shape index (κ1) is 41.2. The zero-order chi connectivity index (χ0) is 41.0. The molecule has 15 nitrogen and oxygen atoms in total. The van der Waals surface area contributed by atoms with Gasteiger partial charge in [0, 0.05) is 31.7 Å². The predicted octanol–water partition coefficient (Wildman–Crippen LogP) is 2.58. The number of piperidine rings is 1. The van der Waals surface area contributed by atoms with Gasteiger partial charge in [-0.1, -0.05) is 54.4 Å². The topological polar surface area (TPSA) is 187 Å². The molecule has 0 bridgehead atoms. The summed E-state index contributed by atoms with van der Waals surface area (Å²) >= 11 is 0. The van der Waals surface area contributed by atoms with Crippen LogP contribution >= 0.6 is 0 Å². The monoisotopic (exact) mass is 785 g/mol. The molecule has 2 aromatic carbocycles. The Bertz CT molecular complexity index is 1870. The van der Waals surface area contributed by atoms with Gasteiger partial charge in [0.2, 0.25) is 29.5 Å². The van der Waals surface area contributed by atoms with Crippen molar-refractivity contribution in [2.75, 3.05) is 25.0 Å². The Morgan fingerprint density at radius 3 is 2.25 bits per heavy atom. The third-order valence-electron chi connectivity index (χ3n) is 11.5. The largest absolute Gasteiger partial charge is 0.458 e. The average molecular weight is 786 g/mol. The van der Waals surface area contributed by atoms with Gasteiger partial charge in [0.05, 0.1) is 0 Å². The second-order valence-electron chi connectivity index (χ2n) is 16.1. The van der Waals surface area contributed by atoms with E-state index in [0.29, 0.717) is 50.8 Å². The van der Waals surface area contributed by atoms with Gasteiger partial charge >= 0.3 is 12.0 Å². The van der Waals surface area contributed by atoms with Gasteiger partial charge in [-0.15, -0.1) is 0 Å². The molecule has 7 amide bonds. The summed E-state index contributed by atoms with van der Waals surface area (Å²) in [6.45, 7) is 9.58. The Morgan fingerprint density at radius 2 is 1.51 bits per heavy atom. The Morgan fingerprint density at radius 1 is 0.807 bits per heavy atom. The van der Waals surface area contributed by atoms with Crippen molar-refractivity contribution in [3.8, 4) is 0 Å². The normalized spacial score (nSPS) is 27.8. The summed E-state index contributed by atoms with van der Waals surface area (Å²) in [5.41, 5.74) is 3.23. The lowest BCUT2D eigenvalue weighted by molar-refractivity contribution is -0.163. The minimum absolute atomic E-state index is 0.0553. The van der Waals surface area contributed by atoms with Crippen molar-refractivity contribution in [3.05, 3.63) is 65.2 Å². The number of hydrogen-bond donors (Lipinski definition) is 4. The first-order chi connectivity index (χ1) is 27.2. The maximum atomic E-state index is 14.7. The summed E-state index contributed by atoms with van der Waals surface area (Å²) in [6.07, 6.45) is 1.76. The van der Waals surface area contributed by atoms with E-state index in [1.54, 1.807) is 19.1 Å². The number of rotatable bonds is 6. The Labute approximate surface area is 333 Å². The molecule has 0 aliphatic carbocycles. The lowest BCUT2D eigenvalue weighted by atomic mass is 9.99. The van der Waals surface area contributed by atoms with Gasteiger partial charge in [0.1, 0.15) is 42.4 Å². The number of nitrogens with zero attached hydrogens (tertiary/aromatic N) is 3. The van der Waals surface area contributed by atoms with Gasteiger partial charge in [-0.25, -0.2) is 9.59 Å². The molecule has 0 aromatic heterocycles. The highest BCUT2D eigenvalue weighted by molar-refractivity contribution is 5.98. The molecule has 306 valence electrons. The number of fused-ring (bicyclic) bond motifs is 3. The summed E-state index contributed by atoms with van der Waals surface area (Å²) in [5.74, 6) is -3.46. The first-order valence-corrected chi connectivity index (χ1v) is 20.1. The van der Waals surface area contributed by atoms with E-state index in [4.69, 9.17) is 4.74 Å². The minimum atomic E-state index is -1.47. The molecule has 4 saturated heterocycles. The van der Waals surface area contributed by atoms with Crippen molar-refractivity contribution < 1.29 is 38.3 Å². The SMILES string of the molecule is Cc1ccc(NC(=O)N[C@@H](Cc2cccc(C)c2)C(=O)N[C@@H]2C(=O)N3CCC[C@H]3C(=O)N3CCCC[C@H]3C(=O)N[C@@H](C)C(=O)N3C[C@H](C)C[C@H]3C(=O)O[C@H]2C)cc1. The number of amides is 7. The zero-order valence-electron chi connectivity index (χ0n) is 33.4. The van der Waals surface area contributed by atoms with E-state index in [1.165, 1.54) is 21.6 Å². The van der Waals surface area contributed by atoms with E-state index >= 15 is 0 Å². The van der Waals surface area contributed by atoms with E-state index in [-0.39, 0.29) is 31.3 Å². The van der Waals surface area contributed by atoms with Crippen molar-refractivity contribution in [1.29, 1.82) is 0 Å². The maximum Gasteiger partial charge on any atom is 0.329 e. The molecular formula is C42H55N7O8. The molecule has 57 heavy (non-hydrogen) atoms. The van der Waals surface area contributed by atoms with Crippen molar-refractivity contribution in [3.63, 3.8) is 0 Å². The fourth-order valence-corrected chi connectivity index (χ4v) is 8.47. The smallest absolute Gasteiger partial charge is 0.329 e. The molecule has 0 radical (unpaired) electrons. The summed E-state index contributed by atoms with van der Waals surface area (Å²) in [4.78, 5) is 103. The molecule has 4 aliphatic heterocycles. The Kier molecular flexibility index (Phi) is 12.8. The molecule has 4 fully saturated rings. The molecule has 15 heteroatoms. The van der Waals surface area contributed by atoms with Gasteiger partial charge in [-0.3, -0.25) is 24.0 Å². The molecular weight excluding hydrogens is 731 g/mol. The van der Waals surface area contributed by atoms with Crippen LogP contribution in [0.2, 0.25) is 0 Å². The number of nitrogens with one attached hydrogen (secondary N) is 4. The number of esters is 1. The molecule has 0 unspecified atom stereocenters. The third kappa shape index (κ3) is 9.57. The molecule has 4 heterocycles. The van der Waals surface area contributed by atoms with Gasteiger partial charge < -0.3 is 40.7 Å². The number of hydrogen-bond acceptors (Lipinski definition) is 8. The predicted molar refractivity (Wildman–Crippen MR) is 210 cm³/mol. The highest BCUT2D eigenvalue weighted by Crippen LogP contribution is 2.29. The number of aryl methyl sites for hydroxylation is 2. The van der Waals surface area contributed by atoms with E-state index in [9.17, 15) is 33.6 Å². The van der Waals surface area contributed by atoms with Crippen LogP contribution in [0, 0.1) is 19.8 Å². The third-order valence-corrected chi connectivity index (χ3v) is 11.5. The van der Waals surface area contributed by atoms with Crippen LogP contribution < -0.4 is 21.3 Å². The van der Waals surface area contributed by atoms with E-state index in [1.807, 2.05) is 57.2 Å². The number of benzene rings is 2. The Hall–Kier alpha value is -5.47. The van der Waals surface area contributed by atoms with E-state index < -0.39 is 78.0 Å². The highest BCUT2D eigenvalue weighted by Gasteiger charge is 2.47. The maximum absolute atomic E-state index is 14.7. The highest BCUT2D eigenvalue weighted by atomic mass is 16.5. The number of cyclic esters (lactones) is 1. The fraction of sp³-hybridized carbons (Fsp3) is 0.548. The quantitative estimate of drug-likeness (QED) is 0.322. The first-order valence-electron chi connectivity index (χ1n) is 20.1. The summed E-state index contributed by atoms with van der Waals surface area (Å²) < 4.78 is 5.97. The molecule has 4 N–H and O–H groups in total. The van der Waals surface area contributed by atoms with Gasteiger partial charge in [0.15, 0.2) is 0 Å². The van der Waals surface area contributed by atoms with Crippen LogP contribution in [-0.4, -0.2) is 118 Å². The molecule has 4 aliphatic rings. The van der Waals surface area contributed by atoms with Crippen molar-refractivity contribution in [2.24, 2.45) is 5.92 Å². The number of anilines is 1. The van der Waals surface area contributed by atoms with Crippen molar-refractivity contribution in [1.82, 2.24) is 30.7 Å². The lowest BCUT2D eigenvalue weighted by Gasteiger charge is -2.39. The van der Waals surface area contributed by atoms with Crippen LogP contribution in [-0.2, 0) is 39.9 Å². The van der Waals surface area contributed by atoms with Gasteiger partial charge in [0.25, 0.3) is 0 Å². The summed E-state index contributed by atoms with van der Waals surface area (Å²) in [7, 11) is 0. The zero-order valence-corrected chi connectivity index (χ0v) is 33.4. The molecule has 0 saturated carbocycles. The van der Waals surface area contributed by atoms with E-state index in [0.717, 1.165) is 16.7 Å². The van der Waals surface area contributed by atoms with Gasteiger partial charge in [-0.2, -0.15) is 0 Å². The minimum Gasteiger partial charge on any atom is -0.458 e. The van der Waals surface area contributed by atoms with E-state index in [2.05, 4.69) is 21.3 Å². The van der Waals surface area contributed by atoms with Crippen LogP contribution in [0.15, 0.2) is 48.5 Å². The van der Waals surface area contributed by atoms with Crippen LogP contribution in [0.3, 0.4) is 0 Å². The second kappa shape index (κ2) is 17.8. The van der Waals surface area contributed by atoms with Gasteiger partial charge in [-0.05, 0) is 89.8 Å². The standard InChI is InChI=1S/C42H55N7O8/c1-24-14-16-30(17-15-24)44-42(56)45-31(22-29-11-8-10-25(2)20-29)36(50)46-35-28(5)57-41(55)34-21-26(3)23-49(34)38(52)27(4)43-37(51)32-12-6-7-18-47(32)39(53)33-13-9-19-48(33)40(35)54/h8,10-11,14-17,20,26-28,31-35H,6-7,9,12-13,18-19,21-23H2,1-5H3,(H,43,51)(H,46,50)(H2,44,45,56)/t26-,27+,28+,31+,32+,33+,34+,35+/m1/s1. The number of urea groups is 1. The Balaban J connectivity index is 1.33. The number of carbonyl (C=O) groups is 7. The van der Waals surface area contributed by atoms with Crippen molar-refractivity contribution in [2.45, 2.75) is 122 Å². The summed E-state index contributed by atoms with van der Waals surface area (Å²) in [6, 6.07) is 7.65. The van der Waals surface area contributed by atoms with Crippen LogP contribution in [0.1, 0.15) is 76.0 Å². The lowest BCUT2D eigenvalue weighted by Crippen LogP contribution is -2.63. The second-order valence-corrected chi connectivity index (χ2v) is 16.1.